The highest BCUT2D eigenvalue weighted by Crippen LogP contribution is 2.63. The summed E-state index contributed by atoms with van der Waals surface area (Å²) in [5.74, 6) is 0. The molecule has 0 atom stereocenters. The average Bonchev–Trinajstić information content (AvgIpc) is 3.49. The number of rotatable bonds is 1. The molecule has 0 amide bonds. The Hall–Kier alpha value is -5.21. The van der Waals surface area contributed by atoms with E-state index in [0.717, 1.165) is 27.5 Å². The molecule has 1 spiro atoms. The molecule has 1 aromatic heterocycles. The fraction of sp³-hybridized carbons (Fsp3) is 0.0513. The third kappa shape index (κ3) is 2.79. The van der Waals surface area contributed by atoms with Crippen molar-refractivity contribution in [3.63, 3.8) is 0 Å². The molecular weight excluding hydrogens is 500 g/mol. The van der Waals surface area contributed by atoms with E-state index >= 15 is 0 Å². The summed E-state index contributed by atoms with van der Waals surface area (Å²) in [6.07, 6.45) is 0. The van der Waals surface area contributed by atoms with Crippen molar-refractivity contribution in [1.82, 2.24) is 0 Å². The summed E-state index contributed by atoms with van der Waals surface area (Å²) in [5.41, 5.74) is 13.5. The van der Waals surface area contributed by atoms with Crippen molar-refractivity contribution in [2.45, 2.75) is 12.3 Å². The average molecular weight is 525 g/mol. The van der Waals surface area contributed by atoms with Gasteiger partial charge in [-0.3, -0.25) is 0 Å². The quantitative estimate of drug-likeness (QED) is 0.158. The predicted octanol–water partition coefficient (Wildman–Crippen LogP) is 9.27. The van der Waals surface area contributed by atoms with Crippen molar-refractivity contribution < 1.29 is 4.42 Å². The standard InChI is InChI=1S/C39H24O2/c1-23-17-19-26-29-20-18-24(22-36(29)41-38(40)31(26)21-23)25-12-8-16-35-37(25)30-11-4-7-15-34(30)39(35)32-13-5-2-9-27(32)28-10-3-6-14-33(28)39/h2-22H,1H3. The maximum atomic E-state index is 13.0. The molecule has 6 aromatic carbocycles. The summed E-state index contributed by atoms with van der Waals surface area (Å²) in [4.78, 5) is 13.0. The maximum Gasteiger partial charge on any atom is 0.344 e. The molecule has 0 aliphatic heterocycles. The van der Waals surface area contributed by atoms with Gasteiger partial charge in [0.05, 0.1) is 10.8 Å². The van der Waals surface area contributed by atoms with Gasteiger partial charge in [0, 0.05) is 5.39 Å². The highest BCUT2D eigenvalue weighted by atomic mass is 16.4. The maximum absolute atomic E-state index is 13.0. The second kappa shape index (κ2) is 7.93. The van der Waals surface area contributed by atoms with Crippen molar-refractivity contribution in [2.24, 2.45) is 0 Å². The molecule has 0 bridgehead atoms. The third-order valence-electron chi connectivity index (χ3n) is 9.20. The van der Waals surface area contributed by atoms with E-state index in [4.69, 9.17) is 4.42 Å². The minimum absolute atomic E-state index is 0.296. The summed E-state index contributed by atoms with van der Waals surface area (Å²) in [7, 11) is 0. The van der Waals surface area contributed by atoms with Crippen LogP contribution in [0.15, 0.2) is 137 Å². The van der Waals surface area contributed by atoms with Crippen LogP contribution in [0, 0.1) is 6.92 Å². The van der Waals surface area contributed by atoms with Crippen LogP contribution in [0.2, 0.25) is 0 Å². The summed E-state index contributed by atoms with van der Waals surface area (Å²) < 4.78 is 5.91. The molecule has 2 heteroatoms. The van der Waals surface area contributed by atoms with Gasteiger partial charge in [-0.1, -0.05) is 115 Å². The largest absolute Gasteiger partial charge is 0.422 e. The van der Waals surface area contributed by atoms with E-state index in [1.54, 1.807) is 0 Å². The van der Waals surface area contributed by atoms with Crippen LogP contribution in [0.1, 0.15) is 27.8 Å². The monoisotopic (exact) mass is 524 g/mol. The molecule has 2 aliphatic rings. The Morgan fingerprint density at radius 3 is 1.83 bits per heavy atom. The van der Waals surface area contributed by atoms with Crippen LogP contribution in [0.25, 0.3) is 55.1 Å². The third-order valence-corrected chi connectivity index (χ3v) is 9.20. The highest BCUT2D eigenvalue weighted by Gasteiger charge is 2.51. The van der Waals surface area contributed by atoms with Crippen molar-refractivity contribution in [1.29, 1.82) is 0 Å². The second-order valence-corrected chi connectivity index (χ2v) is 11.3. The lowest BCUT2D eigenvalue weighted by molar-refractivity contribution is 0.570. The zero-order chi connectivity index (χ0) is 27.3. The SMILES string of the molecule is Cc1ccc2c(c1)c(=O)oc1cc(-c3cccc4c3-c3ccccc3C43c4ccccc4-c4ccccc43)ccc12. The Kier molecular flexibility index (Phi) is 4.37. The van der Waals surface area contributed by atoms with Crippen molar-refractivity contribution in [3.8, 4) is 33.4 Å². The van der Waals surface area contributed by atoms with E-state index in [9.17, 15) is 4.79 Å². The molecule has 0 saturated carbocycles. The van der Waals surface area contributed by atoms with Gasteiger partial charge in [-0.15, -0.1) is 0 Å². The Morgan fingerprint density at radius 2 is 1.10 bits per heavy atom. The Balaban J connectivity index is 1.36. The van der Waals surface area contributed by atoms with E-state index in [2.05, 4.69) is 103 Å². The molecule has 0 saturated heterocycles. The van der Waals surface area contributed by atoms with Gasteiger partial charge in [-0.25, -0.2) is 4.79 Å². The first-order chi connectivity index (χ1) is 20.2. The smallest absolute Gasteiger partial charge is 0.344 e. The topological polar surface area (TPSA) is 30.2 Å². The Morgan fingerprint density at radius 1 is 0.512 bits per heavy atom. The molecule has 41 heavy (non-hydrogen) atoms. The van der Waals surface area contributed by atoms with E-state index in [1.807, 2.05) is 31.2 Å². The lowest BCUT2D eigenvalue weighted by Crippen LogP contribution is -2.25. The minimum Gasteiger partial charge on any atom is -0.422 e. The zero-order valence-electron chi connectivity index (χ0n) is 22.4. The number of benzene rings is 6. The van der Waals surface area contributed by atoms with Crippen LogP contribution in [0.3, 0.4) is 0 Å². The van der Waals surface area contributed by atoms with Crippen molar-refractivity contribution in [3.05, 3.63) is 166 Å². The van der Waals surface area contributed by atoms with Gasteiger partial charge in [0.2, 0.25) is 0 Å². The molecule has 2 aliphatic carbocycles. The van der Waals surface area contributed by atoms with Gasteiger partial charge in [-0.2, -0.15) is 0 Å². The fourth-order valence-electron chi connectivity index (χ4n) is 7.60. The molecule has 9 rings (SSSR count). The number of hydrogen-bond donors (Lipinski definition) is 0. The summed E-state index contributed by atoms with van der Waals surface area (Å²) in [5, 5.41) is 2.50. The fourth-order valence-corrected chi connectivity index (χ4v) is 7.60. The number of fused-ring (bicyclic) bond motifs is 13. The van der Waals surface area contributed by atoms with Gasteiger partial charge in [0.1, 0.15) is 5.58 Å². The Bertz CT molecular complexity index is 2260. The molecule has 0 radical (unpaired) electrons. The summed E-state index contributed by atoms with van der Waals surface area (Å²) in [6.45, 7) is 1.99. The van der Waals surface area contributed by atoms with E-state index < -0.39 is 0 Å². The van der Waals surface area contributed by atoms with Crippen molar-refractivity contribution >= 4 is 21.7 Å². The van der Waals surface area contributed by atoms with Crippen LogP contribution in [-0.4, -0.2) is 0 Å². The number of hydrogen-bond acceptors (Lipinski definition) is 2. The minimum atomic E-state index is -0.382. The molecule has 0 N–H and O–H groups in total. The number of aryl methyl sites for hydroxylation is 1. The molecule has 0 unspecified atom stereocenters. The predicted molar refractivity (Wildman–Crippen MR) is 166 cm³/mol. The first kappa shape index (κ1) is 22.6. The molecule has 192 valence electrons. The molecule has 7 aromatic rings. The zero-order valence-corrected chi connectivity index (χ0v) is 22.4. The molecular formula is C39H24O2. The summed E-state index contributed by atoms with van der Waals surface area (Å²) >= 11 is 0. The van der Waals surface area contributed by atoms with Gasteiger partial charge in [-0.05, 0) is 86.1 Å². The van der Waals surface area contributed by atoms with Crippen LogP contribution >= 0.6 is 0 Å². The first-order valence-electron chi connectivity index (χ1n) is 14.1. The van der Waals surface area contributed by atoms with E-state index in [0.29, 0.717) is 11.0 Å². The van der Waals surface area contributed by atoms with Crippen LogP contribution in [0.5, 0.6) is 0 Å². The van der Waals surface area contributed by atoms with Crippen LogP contribution in [0.4, 0.5) is 0 Å². The molecule has 1 heterocycles. The Labute approximate surface area is 237 Å². The highest BCUT2D eigenvalue weighted by molar-refractivity contribution is 6.06. The van der Waals surface area contributed by atoms with Crippen molar-refractivity contribution in [2.75, 3.05) is 0 Å². The molecule has 0 fully saturated rings. The summed E-state index contributed by atoms with van der Waals surface area (Å²) in [6, 6.07) is 45.5. The van der Waals surface area contributed by atoms with Gasteiger partial charge in [0.15, 0.2) is 0 Å². The van der Waals surface area contributed by atoms with Crippen LogP contribution in [-0.2, 0) is 5.41 Å². The molecule has 2 nitrogen and oxygen atoms in total. The van der Waals surface area contributed by atoms with Gasteiger partial charge in [0.25, 0.3) is 0 Å². The lowest BCUT2D eigenvalue weighted by Gasteiger charge is -2.30. The second-order valence-electron chi connectivity index (χ2n) is 11.3. The van der Waals surface area contributed by atoms with Gasteiger partial charge >= 0.3 is 5.63 Å². The van der Waals surface area contributed by atoms with E-state index in [1.165, 1.54) is 44.5 Å². The lowest BCUT2D eigenvalue weighted by atomic mass is 9.70. The normalized spacial score (nSPS) is 13.8. The van der Waals surface area contributed by atoms with Gasteiger partial charge < -0.3 is 4.42 Å². The van der Waals surface area contributed by atoms with Crippen LogP contribution < -0.4 is 5.63 Å². The van der Waals surface area contributed by atoms with E-state index in [-0.39, 0.29) is 11.0 Å². The first-order valence-corrected chi connectivity index (χ1v) is 14.1.